The number of aromatic nitrogens is 3. The maximum atomic E-state index is 12.7. The van der Waals surface area contributed by atoms with Gasteiger partial charge in [0.2, 0.25) is 0 Å². The van der Waals surface area contributed by atoms with E-state index < -0.39 is 0 Å². The summed E-state index contributed by atoms with van der Waals surface area (Å²) >= 11 is 1.66. The number of rotatable bonds is 7. The number of carbonyl (C=O) groups excluding carboxylic acids is 1. The summed E-state index contributed by atoms with van der Waals surface area (Å²) in [6.07, 6.45) is 1.73. The van der Waals surface area contributed by atoms with E-state index in [-0.39, 0.29) is 12.6 Å². The molecule has 0 bridgehead atoms. The van der Waals surface area contributed by atoms with E-state index in [1.54, 1.807) is 28.3 Å². The van der Waals surface area contributed by atoms with Crippen molar-refractivity contribution in [2.75, 3.05) is 5.32 Å². The molecule has 1 amide bonds. The van der Waals surface area contributed by atoms with Gasteiger partial charge in [-0.3, -0.25) is 4.79 Å². The molecule has 186 valence electrons. The van der Waals surface area contributed by atoms with Crippen molar-refractivity contribution in [3.63, 3.8) is 0 Å². The molecular formula is C31H24N4O2S. The van der Waals surface area contributed by atoms with E-state index >= 15 is 0 Å². The second kappa shape index (κ2) is 10.3. The number of thiazole rings is 1. The van der Waals surface area contributed by atoms with Crippen LogP contribution in [0.3, 0.4) is 0 Å². The van der Waals surface area contributed by atoms with Gasteiger partial charge >= 0.3 is 0 Å². The van der Waals surface area contributed by atoms with Crippen molar-refractivity contribution in [2.45, 2.75) is 13.7 Å². The molecule has 0 spiro atoms. The van der Waals surface area contributed by atoms with Crippen molar-refractivity contribution in [1.29, 1.82) is 0 Å². The molecule has 0 aliphatic carbocycles. The van der Waals surface area contributed by atoms with E-state index in [4.69, 9.17) is 9.72 Å². The third-order valence-electron chi connectivity index (χ3n) is 6.13. The van der Waals surface area contributed by atoms with Crippen LogP contribution in [0.25, 0.3) is 31.9 Å². The Labute approximate surface area is 224 Å². The van der Waals surface area contributed by atoms with Crippen molar-refractivity contribution >= 4 is 33.1 Å². The van der Waals surface area contributed by atoms with E-state index in [0.29, 0.717) is 11.4 Å². The van der Waals surface area contributed by atoms with Gasteiger partial charge in [-0.05, 0) is 78.2 Å². The number of carbonyl (C=O) groups is 1. The number of anilines is 1. The molecule has 6 rings (SSSR count). The predicted molar refractivity (Wildman–Crippen MR) is 152 cm³/mol. The SMILES string of the molecule is Cc1ccc2nc(-c3ccc(NC(=O)c4ccn(COc5ccc(-c6ccccc6)cc5)n4)cc3)sc2c1. The molecule has 2 aromatic heterocycles. The molecule has 4 aromatic carbocycles. The van der Waals surface area contributed by atoms with Crippen LogP contribution in [0.15, 0.2) is 109 Å². The number of hydrogen-bond acceptors (Lipinski definition) is 5. The Kier molecular flexibility index (Phi) is 6.42. The van der Waals surface area contributed by atoms with Crippen LogP contribution in [-0.2, 0) is 6.73 Å². The highest BCUT2D eigenvalue weighted by Crippen LogP contribution is 2.31. The van der Waals surface area contributed by atoms with Gasteiger partial charge < -0.3 is 10.1 Å². The smallest absolute Gasteiger partial charge is 0.276 e. The Morgan fingerprint density at radius 2 is 1.61 bits per heavy atom. The van der Waals surface area contributed by atoms with Crippen LogP contribution in [-0.4, -0.2) is 20.7 Å². The number of benzene rings is 4. The average molecular weight is 517 g/mol. The first-order valence-electron chi connectivity index (χ1n) is 12.2. The summed E-state index contributed by atoms with van der Waals surface area (Å²) in [7, 11) is 0. The van der Waals surface area contributed by atoms with Gasteiger partial charge in [0.15, 0.2) is 12.4 Å². The first-order chi connectivity index (χ1) is 18.6. The summed E-state index contributed by atoms with van der Waals surface area (Å²) in [5, 5.41) is 8.22. The molecule has 0 atom stereocenters. The van der Waals surface area contributed by atoms with E-state index in [2.05, 4.69) is 41.6 Å². The largest absolute Gasteiger partial charge is 0.471 e. The van der Waals surface area contributed by atoms with Crippen molar-refractivity contribution in [3.05, 3.63) is 121 Å². The van der Waals surface area contributed by atoms with Crippen molar-refractivity contribution in [3.8, 4) is 27.4 Å². The van der Waals surface area contributed by atoms with Gasteiger partial charge in [-0.15, -0.1) is 11.3 Å². The van der Waals surface area contributed by atoms with Gasteiger partial charge in [-0.1, -0.05) is 48.5 Å². The summed E-state index contributed by atoms with van der Waals surface area (Å²) in [5.41, 5.74) is 6.52. The Bertz CT molecular complexity index is 1710. The van der Waals surface area contributed by atoms with Gasteiger partial charge in [0.25, 0.3) is 5.91 Å². The van der Waals surface area contributed by atoms with Crippen molar-refractivity contribution in [1.82, 2.24) is 14.8 Å². The molecule has 0 aliphatic heterocycles. The van der Waals surface area contributed by atoms with E-state index in [1.807, 2.05) is 72.8 Å². The molecule has 0 unspecified atom stereocenters. The number of nitrogens with zero attached hydrogens (tertiary/aromatic N) is 3. The Morgan fingerprint density at radius 3 is 2.39 bits per heavy atom. The number of fused-ring (bicyclic) bond motifs is 1. The maximum Gasteiger partial charge on any atom is 0.276 e. The van der Waals surface area contributed by atoms with E-state index in [9.17, 15) is 4.79 Å². The molecule has 0 saturated carbocycles. The normalized spacial score (nSPS) is 11.0. The van der Waals surface area contributed by atoms with E-state index in [1.165, 1.54) is 10.3 Å². The van der Waals surface area contributed by atoms with Crippen LogP contribution in [0.4, 0.5) is 5.69 Å². The number of aryl methyl sites for hydroxylation is 1. The highest BCUT2D eigenvalue weighted by Gasteiger charge is 2.11. The van der Waals surface area contributed by atoms with Gasteiger partial charge in [-0.25, -0.2) is 9.67 Å². The van der Waals surface area contributed by atoms with Crippen LogP contribution < -0.4 is 10.1 Å². The van der Waals surface area contributed by atoms with Crippen molar-refractivity contribution < 1.29 is 9.53 Å². The summed E-state index contributed by atoms with van der Waals surface area (Å²) in [6, 6.07) is 33.7. The summed E-state index contributed by atoms with van der Waals surface area (Å²) in [6.45, 7) is 2.28. The average Bonchev–Trinajstić information content (AvgIpc) is 3.60. The molecule has 1 N–H and O–H groups in total. The zero-order chi connectivity index (χ0) is 25.9. The van der Waals surface area contributed by atoms with Crippen LogP contribution >= 0.6 is 11.3 Å². The first-order valence-corrected chi connectivity index (χ1v) is 13.0. The second-order valence-corrected chi connectivity index (χ2v) is 9.96. The Hall–Kier alpha value is -4.75. The standard InChI is InChI=1S/C31H24N4O2S/c1-21-7-16-27-29(19-21)38-31(33-27)24-8-12-25(13-9-24)32-30(36)28-17-18-35(34-28)20-37-26-14-10-23(11-15-26)22-5-3-2-4-6-22/h2-19H,20H2,1H3,(H,32,36). The van der Waals surface area contributed by atoms with Gasteiger partial charge in [0, 0.05) is 17.4 Å². The molecule has 38 heavy (non-hydrogen) atoms. The van der Waals surface area contributed by atoms with E-state index in [0.717, 1.165) is 33.0 Å². The lowest BCUT2D eigenvalue weighted by Gasteiger charge is -2.08. The molecule has 0 aliphatic rings. The topological polar surface area (TPSA) is 69.0 Å². The van der Waals surface area contributed by atoms with Crippen LogP contribution in [0.2, 0.25) is 0 Å². The fraction of sp³-hybridized carbons (Fsp3) is 0.0645. The predicted octanol–water partition coefficient (Wildman–Crippen LogP) is 7.42. The number of hydrogen-bond donors (Lipinski definition) is 1. The molecule has 0 fully saturated rings. The van der Waals surface area contributed by atoms with Crippen molar-refractivity contribution in [2.24, 2.45) is 0 Å². The van der Waals surface area contributed by atoms with Gasteiger partial charge in [-0.2, -0.15) is 5.10 Å². The second-order valence-electron chi connectivity index (χ2n) is 8.93. The molecule has 2 heterocycles. The minimum atomic E-state index is -0.279. The monoisotopic (exact) mass is 516 g/mol. The highest BCUT2D eigenvalue weighted by molar-refractivity contribution is 7.21. The minimum Gasteiger partial charge on any atom is -0.471 e. The lowest BCUT2D eigenvalue weighted by atomic mass is 10.1. The maximum absolute atomic E-state index is 12.7. The van der Waals surface area contributed by atoms with Crippen LogP contribution in [0, 0.1) is 6.92 Å². The third kappa shape index (κ3) is 5.19. The lowest BCUT2D eigenvalue weighted by molar-refractivity contribution is 0.102. The zero-order valence-corrected chi connectivity index (χ0v) is 21.5. The van der Waals surface area contributed by atoms with Crippen LogP contribution in [0.5, 0.6) is 5.75 Å². The summed E-state index contributed by atoms with van der Waals surface area (Å²) < 4.78 is 8.60. The fourth-order valence-electron chi connectivity index (χ4n) is 4.12. The van der Waals surface area contributed by atoms with Gasteiger partial charge in [0.1, 0.15) is 10.8 Å². The molecule has 0 saturated heterocycles. The third-order valence-corrected chi connectivity index (χ3v) is 7.20. The number of amides is 1. The molecule has 6 nitrogen and oxygen atoms in total. The highest BCUT2D eigenvalue weighted by atomic mass is 32.1. The zero-order valence-electron chi connectivity index (χ0n) is 20.7. The van der Waals surface area contributed by atoms with Gasteiger partial charge in [0.05, 0.1) is 10.2 Å². The minimum absolute atomic E-state index is 0.203. The molecule has 7 heteroatoms. The molecular weight excluding hydrogens is 492 g/mol. The molecule has 6 aromatic rings. The Morgan fingerprint density at radius 1 is 0.868 bits per heavy atom. The summed E-state index contributed by atoms with van der Waals surface area (Å²) in [5.74, 6) is 0.453. The quantitative estimate of drug-likeness (QED) is 0.240. The fourth-order valence-corrected chi connectivity index (χ4v) is 5.19. The Balaban J connectivity index is 1.06. The number of nitrogens with one attached hydrogen (secondary N) is 1. The first kappa shape index (κ1) is 23.6. The summed E-state index contributed by atoms with van der Waals surface area (Å²) in [4.78, 5) is 17.5. The van der Waals surface area contributed by atoms with Crippen LogP contribution in [0.1, 0.15) is 16.1 Å². The molecule has 0 radical (unpaired) electrons. The number of ether oxygens (including phenoxy) is 1. The lowest BCUT2D eigenvalue weighted by Crippen LogP contribution is -2.14.